The highest BCUT2D eigenvalue weighted by Gasteiger charge is 2.02. The second kappa shape index (κ2) is 7.61. The second-order valence-corrected chi connectivity index (χ2v) is 4.92. The molecule has 2 N–H and O–H groups in total. The Kier molecular flexibility index (Phi) is 5.54. The standard InChI is InChI=1S/C15H13ClN2O2S/c16-13-6-2-1-4-11(13)7-8-14(19)18-15(21)17-10-12-5-3-9-20-12/h1-9H,10H2,(H2,17,18,19,21)/b8-7+. The molecule has 1 amide bonds. The Morgan fingerprint density at radius 3 is 2.81 bits per heavy atom. The third-order valence-corrected chi connectivity index (χ3v) is 3.15. The van der Waals surface area contributed by atoms with Crippen LogP contribution in [0.5, 0.6) is 0 Å². The Balaban J connectivity index is 1.81. The van der Waals surface area contributed by atoms with E-state index in [9.17, 15) is 4.79 Å². The predicted molar refractivity (Wildman–Crippen MR) is 86.8 cm³/mol. The van der Waals surface area contributed by atoms with E-state index in [-0.39, 0.29) is 11.0 Å². The van der Waals surface area contributed by atoms with Crippen LogP contribution in [0.25, 0.3) is 6.08 Å². The molecule has 0 aliphatic carbocycles. The fourth-order valence-electron chi connectivity index (χ4n) is 1.55. The quantitative estimate of drug-likeness (QED) is 0.671. The van der Waals surface area contributed by atoms with Crippen molar-refractivity contribution in [2.45, 2.75) is 6.54 Å². The molecule has 0 radical (unpaired) electrons. The third kappa shape index (κ3) is 5.06. The summed E-state index contributed by atoms with van der Waals surface area (Å²) >= 11 is 11.0. The van der Waals surface area contributed by atoms with Crippen LogP contribution in [-0.2, 0) is 11.3 Å². The first-order chi connectivity index (χ1) is 10.1. The molecule has 0 saturated carbocycles. The van der Waals surface area contributed by atoms with Crippen LogP contribution in [0.15, 0.2) is 53.2 Å². The Morgan fingerprint density at radius 1 is 1.29 bits per heavy atom. The molecule has 2 rings (SSSR count). The summed E-state index contributed by atoms with van der Waals surface area (Å²) in [4.78, 5) is 11.7. The van der Waals surface area contributed by atoms with Gasteiger partial charge in [-0.2, -0.15) is 0 Å². The lowest BCUT2D eigenvalue weighted by Crippen LogP contribution is -2.37. The molecule has 1 aromatic heterocycles. The van der Waals surface area contributed by atoms with Gasteiger partial charge in [-0.15, -0.1) is 0 Å². The molecule has 0 aliphatic heterocycles. The SMILES string of the molecule is O=C(/C=C/c1ccccc1Cl)NC(=S)NCc1ccco1. The van der Waals surface area contributed by atoms with E-state index >= 15 is 0 Å². The molecule has 6 heteroatoms. The van der Waals surface area contributed by atoms with Crippen LogP contribution >= 0.6 is 23.8 Å². The van der Waals surface area contributed by atoms with E-state index in [1.54, 1.807) is 24.5 Å². The number of rotatable bonds is 4. The Morgan fingerprint density at radius 2 is 2.10 bits per heavy atom. The molecule has 1 heterocycles. The molecule has 0 bridgehead atoms. The summed E-state index contributed by atoms with van der Waals surface area (Å²) in [6.45, 7) is 0.417. The first kappa shape index (κ1) is 15.3. The lowest BCUT2D eigenvalue weighted by Gasteiger charge is -2.06. The summed E-state index contributed by atoms with van der Waals surface area (Å²) in [6, 6.07) is 10.8. The molecule has 0 saturated heterocycles. The van der Waals surface area contributed by atoms with Crippen molar-refractivity contribution in [3.8, 4) is 0 Å². The number of carbonyl (C=O) groups excluding carboxylic acids is 1. The van der Waals surface area contributed by atoms with Gasteiger partial charge in [0.05, 0.1) is 12.8 Å². The normalized spacial score (nSPS) is 10.5. The summed E-state index contributed by atoms with van der Waals surface area (Å²) in [5, 5.41) is 6.23. The van der Waals surface area contributed by atoms with Crippen molar-refractivity contribution in [3.05, 3.63) is 65.1 Å². The van der Waals surface area contributed by atoms with Crippen molar-refractivity contribution in [1.82, 2.24) is 10.6 Å². The van der Waals surface area contributed by atoms with Crippen LogP contribution in [0.3, 0.4) is 0 Å². The van der Waals surface area contributed by atoms with E-state index in [0.717, 1.165) is 11.3 Å². The number of benzene rings is 1. The highest BCUT2D eigenvalue weighted by atomic mass is 35.5. The van der Waals surface area contributed by atoms with Gasteiger partial charge in [0, 0.05) is 11.1 Å². The van der Waals surface area contributed by atoms with Crippen molar-refractivity contribution in [2.75, 3.05) is 0 Å². The molecule has 1 aromatic carbocycles. The molecular weight excluding hydrogens is 308 g/mol. The Bertz CT molecular complexity index is 653. The Hall–Kier alpha value is -2.11. The number of hydrogen-bond donors (Lipinski definition) is 2. The fraction of sp³-hybridized carbons (Fsp3) is 0.0667. The maximum absolute atomic E-state index is 11.7. The highest BCUT2D eigenvalue weighted by Crippen LogP contribution is 2.15. The van der Waals surface area contributed by atoms with Gasteiger partial charge in [-0.05, 0) is 42.1 Å². The molecule has 0 fully saturated rings. The minimum Gasteiger partial charge on any atom is -0.467 e. The zero-order valence-electron chi connectivity index (χ0n) is 11.0. The van der Waals surface area contributed by atoms with Gasteiger partial charge in [0.1, 0.15) is 5.76 Å². The van der Waals surface area contributed by atoms with Crippen LogP contribution in [-0.4, -0.2) is 11.0 Å². The van der Waals surface area contributed by atoms with Crippen LogP contribution < -0.4 is 10.6 Å². The van der Waals surface area contributed by atoms with Crippen molar-refractivity contribution in [3.63, 3.8) is 0 Å². The van der Waals surface area contributed by atoms with Crippen molar-refractivity contribution >= 4 is 40.9 Å². The van der Waals surface area contributed by atoms with Crippen LogP contribution in [0.4, 0.5) is 0 Å². The van der Waals surface area contributed by atoms with E-state index in [1.165, 1.54) is 6.08 Å². The van der Waals surface area contributed by atoms with Gasteiger partial charge in [-0.25, -0.2) is 0 Å². The fourth-order valence-corrected chi connectivity index (χ4v) is 1.93. The number of amides is 1. The average molecular weight is 321 g/mol. The number of carbonyl (C=O) groups is 1. The summed E-state index contributed by atoms with van der Waals surface area (Å²) in [5.41, 5.74) is 0.767. The van der Waals surface area contributed by atoms with Gasteiger partial charge < -0.3 is 9.73 Å². The first-order valence-corrected chi connectivity index (χ1v) is 6.97. The maximum Gasteiger partial charge on any atom is 0.250 e. The number of halogens is 1. The summed E-state index contributed by atoms with van der Waals surface area (Å²) in [7, 11) is 0. The molecule has 0 aliphatic rings. The van der Waals surface area contributed by atoms with Crippen LogP contribution in [0.2, 0.25) is 5.02 Å². The van der Waals surface area contributed by atoms with Gasteiger partial charge >= 0.3 is 0 Å². The molecule has 0 atom stereocenters. The van der Waals surface area contributed by atoms with Crippen molar-refractivity contribution in [2.24, 2.45) is 0 Å². The second-order valence-electron chi connectivity index (χ2n) is 4.11. The maximum atomic E-state index is 11.7. The van der Waals surface area contributed by atoms with Crippen molar-refractivity contribution in [1.29, 1.82) is 0 Å². The predicted octanol–water partition coefficient (Wildman–Crippen LogP) is 3.14. The van der Waals surface area contributed by atoms with Crippen LogP contribution in [0, 0.1) is 0 Å². The number of thiocarbonyl (C=S) groups is 1. The Labute approximate surface area is 132 Å². The molecule has 21 heavy (non-hydrogen) atoms. The number of furan rings is 1. The van der Waals surface area contributed by atoms with Crippen molar-refractivity contribution < 1.29 is 9.21 Å². The molecule has 0 spiro atoms. The minimum atomic E-state index is -0.327. The number of hydrogen-bond acceptors (Lipinski definition) is 3. The first-order valence-electron chi connectivity index (χ1n) is 6.19. The highest BCUT2D eigenvalue weighted by molar-refractivity contribution is 7.80. The molecular formula is C15H13ClN2O2S. The summed E-state index contributed by atoms with van der Waals surface area (Å²) in [6.07, 6.45) is 4.58. The lowest BCUT2D eigenvalue weighted by atomic mass is 10.2. The smallest absolute Gasteiger partial charge is 0.250 e. The third-order valence-electron chi connectivity index (χ3n) is 2.56. The lowest BCUT2D eigenvalue weighted by molar-refractivity contribution is -0.115. The summed E-state index contributed by atoms with van der Waals surface area (Å²) in [5.74, 6) is 0.407. The van der Waals surface area contributed by atoms with Gasteiger partial charge in [0.25, 0.3) is 0 Å². The zero-order valence-corrected chi connectivity index (χ0v) is 12.6. The van der Waals surface area contributed by atoms with Gasteiger partial charge in [0.2, 0.25) is 5.91 Å². The molecule has 2 aromatic rings. The van der Waals surface area contributed by atoms with Gasteiger partial charge in [-0.1, -0.05) is 29.8 Å². The minimum absolute atomic E-state index is 0.236. The van der Waals surface area contributed by atoms with Gasteiger partial charge in [-0.3, -0.25) is 10.1 Å². The van der Waals surface area contributed by atoms with E-state index < -0.39 is 0 Å². The largest absolute Gasteiger partial charge is 0.467 e. The number of nitrogens with one attached hydrogen (secondary N) is 2. The van der Waals surface area contributed by atoms with E-state index in [1.807, 2.05) is 24.3 Å². The molecule has 0 unspecified atom stereocenters. The summed E-state index contributed by atoms with van der Waals surface area (Å²) < 4.78 is 5.14. The average Bonchev–Trinajstić information content (AvgIpc) is 2.97. The monoisotopic (exact) mass is 320 g/mol. The van der Waals surface area contributed by atoms with Crippen LogP contribution in [0.1, 0.15) is 11.3 Å². The molecule has 4 nitrogen and oxygen atoms in total. The molecule has 108 valence electrons. The topological polar surface area (TPSA) is 54.3 Å². The van der Waals surface area contributed by atoms with E-state index in [4.69, 9.17) is 28.2 Å². The van der Waals surface area contributed by atoms with E-state index in [0.29, 0.717) is 11.6 Å². The van der Waals surface area contributed by atoms with Gasteiger partial charge in [0.15, 0.2) is 5.11 Å². The zero-order chi connectivity index (χ0) is 15.1. The van der Waals surface area contributed by atoms with E-state index in [2.05, 4.69) is 10.6 Å².